The molecule has 102 valence electrons. The summed E-state index contributed by atoms with van der Waals surface area (Å²) in [5.41, 5.74) is 0.769. The van der Waals surface area contributed by atoms with Gasteiger partial charge >= 0.3 is 0 Å². The summed E-state index contributed by atoms with van der Waals surface area (Å²) in [5, 5.41) is 5.44. The molecule has 0 radical (unpaired) electrons. The van der Waals surface area contributed by atoms with Gasteiger partial charge in [0.05, 0.1) is 13.2 Å². The number of ether oxygens (including phenoxy) is 1. The minimum absolute atomic E-state index is 0.188. The molecule has 0 aliphatic heterocycles. The van der Waals surface area contributed by atoms with Crippen molar-refractivity contribution in [1.29, 1.82) is 0 Å². The van der Waals surface area contributed by atoms with Gasteiger partial charge in [-0.3, -0.25) is 0 Å². The number of thiophene rings is 1. The van der Waals surface area contributed by atoms with Crippen molar-refractivity contribution in [2.75, 3.05) is 12.4 Å². The van der Waals surface area contributed by atoms with E-state index in [1.165, 1.54) is 18.1 Å². The van der Waals surface area contributed by atoms with Crippen LogP contribution in [0.5, 0.6) is 5.75 Å². The van der Waals surface area contributed by atoms with Crippen molar-refractivity contribution in [3.05, 3.63) is 46.4 Å². The first-order chi connectivity index (χ1) is 9.11. The van der Waals surface area contributed by atoms with E-state index in [2.05, 4.69) is 30.6 Å². The van der Waals surface area contributed by atoms with Crippen LogP contribution in [0.1, 0.15) is 24.8 Å². The molecule has 1 heterocycles. The number of hydrogen-bond donors (Lipinski definition) is 1. The molecule has 0 bridgehead atoms. The Bertz CT molecular complexity index is 525. The van der Waals surface area contributed by atoms with E-state index >= 15 is 0 Å². The molecule has 1 atom stereocenters. The lowest BCUT2D eigenvalue weighted by molar-refractivity contribution is 0.386. The highest BCUT2D eigenvalue weighted by Crippen LogP contribution is 2.31. The number of halogens is 1. The van der Waals surface area contributed by atoms with Gasteiger partial charge in [-0.1, -0.05) is 19.9 Å². The predicted octanol–water partition coefficient (Wildman–Crippen LogP) is 4.71. The van der Waals surface area contributed by atoms with Crippen molar-refractivity contribution in [2.24, 2.45) is 5.92 Å². The van der Waals surface area contributed by atoms with Gasteiger partial charge in [0, 0.05) is 16.6 Å². The van der Waals surface area contributed by atoms with E-state index in [0.29, 0.717) is 5.92 Å². The molecule has 1 N–H and O–H groups in total. The molecule has 0 aliphatic rings. The van der Waals surface area contributed by atoms with Gasteiger partial charge in [-0.25, -0.2) is 4.39 Å². The summed E-state index contributed by atoms with van der Waals surface area (Å²) in [4.78, 5) is 1.26. The molecule has 0 aliphatic carbocycles. The summed E-state index contributed by atoms with van der Waals surface area (Å²) < 4.78 is 18.6. The quantitative estimate of drug-likeness (QED) is 0.856. The first kappa shape index (κ1) is 13.9. The second kappa shape index (κ2) is 6.06. The first-order valence-corrected chi connectivity index (χ1v) is 7.13. The molecule has 2 rings (SSSR count). The molecule has 0 fully saturated rings. The highest BCUT2D eigenvalue weighted by Gasteiger charge is 2.17. The number of hydrogen-bond acceptors (Lipinski definition) is 3. The van der Waals surface area contributed by atoms with Crippen molar-refractivity contribution in [3.63, 3.8) is 0 Å². The second-order valence-corrected chi connectivity index (χ2v) is 5.71. The van der Waals surface area contributed by atoms with E-state index in [1.54, 1.807) is 17.4 Å². The highest BCUT2D eigenvalue weighted by molar-refractivity contribution is 7.10. The maximum atomic E-state index is 13.7. The molecule has 2 aromatic rings. The van der Waals surface area contributed by atoms with Crippen molar-refractivity contribution >= 4 is 17.0 Å². The Morgan fingerprint density at radius 3 is 2.58 bits per heavy atom. The average Bonchev–Trinajstić information content (AvgIpc) is 2.89. The van der Waals surface area contributed by atoms with Gasteiger partial charge in [0.15, 0.2) is 11.6 Å². The summed E-state index contributed by atoms with van der Waals surface area (Å²) in [6.45, 7) is 4.30. The molecular weight excluding hydrogens is 261 g/mol. The van der Waals surface area contributed by atoms with Crippen LogP contribution in [0.3, 0.4) is 0 Å². The lowest BCUT2D eigenvalue weighted by Gasteiger charge is -2.22. The summed E-state index contributed by atoms with van der Waals surface area (Å²) >= 11 is 1.71. The van der Waals surface area contributed by atoms with Crippen LogP contribution in [0.4, 0.5) is 10.1 Å². The average molecular weight is 279 g/mol. The monoisotopic (exact) mass is 279 g/mol. The highest BCUT2D eigenvalue weighted by atomic mass is 32.1. The van der Waals surface area contributed by atoms with Crippen molar-refractivity contribution in [2.45, 2.75) is 19.9 Å². The van der Waals surface area contributed by atoms with E-state index in [1.807, 2.05) is 12.1 Å². The van der Waals surface area contributed by atoms with Crippen LogP contribution in [0, 0.1) is 11.7 Å². The zero-order valence-electron chi connectivity index (χ0n) is 11.3. The molecule has 2 nitrogen and oxygen atoms in total. The van der Waals surface area contributed by atoms with E-state index in [0.717, 1.165) is 5.69 Å². The Morgan fingerprint density at radius 1 is 1.26 bits per heavy atom. The van der Waals surface area contributed by atoms with E-state index in [-0.39, 0.29) is 17.6 Å². The van der Waals surface area contributed by atoms with Crippen LogP contribution < -0.4 is 10.1 Å². The molecule has 1 aromatic heterocycles. The molecular formula is C15H18FNOS. The van der Waals surface area contributed by atoms with Crippen LogP contribution in [0.2, 0.25) is 0 Å². The molecule has 0 saturated heterocycles. The van der Waals surface area contributed by atoms with Crippen LogP contribution in [0.15, 0.2) is 35.7 Å². The number of rotatable bonds is 5. The number of methoxy groups -OCH3 is 1. The van der Waals surface area contributed by atoms with E-state index in [4.69, 9.17) is 4.74 Å². The Labute approximate surface area is 117 Å². The zero-order valence-corrected chi connectivity index (χ0v) is 12.1. The summed E-state index contributed by atoms with van der Waals surface area (Å²) in [6.07, 6.45) is 0. The third kappa shape index (κ3) is 3.26. The maximum absolute atomic E-state index is 13.7. The number of anilines is 1. The molecule has 19 heavy (non-hydrogen) atoms. The van der Waals surface area contributed by atoms with Gasteiger partial charge in [-0.05, 0) is 29.5 Å². The fourth-order valence-electron chi connectivity index (χ4n) is 1.97. The second-order valence-electron chi connectivity index (χ2n) is 4.73. The predicted molar refractivity (Wildman–Crippen MR) is 78.5 cm³/mol. The van der Waals surface area contributed by atoms with Gasteiger partial charge in [0.1, 0.15) is 0 Å². The number of benzene rings is 1. The van der Waals surface area contributed by atoms with Crippen molar-refractivity contribution in [1.82, 2.24) is 0 Å². The SMILES string of the molecule is COc1ccc(NC(c2cccs2)C(C)C)cc1F. The smallest absolute Gasteiger partial charge is 0.167 e. The molecule has 0 spiro atoms. The van der Waals surface area contributed by atoms with E-state index in [9.17, 15) is 4.39 Å². The standard InChI is InChI=1S/C15H18FNOS/c1-10(2)15(14-5-4-8-19-14)17-11-6-7-13(18-3)12(16)9-11/h4-10,15,17H,1-3H3. The summed E-state index contributed by atoms with van der Waals surface area (Å²) in [6, 6.07) is 9.28. The fraction of sp³-hybridized carbons (Fsp3) is 0.333. The van der Waals surface area contributed by atoms with Crippen molar-refractivity contribution in [3.8, 4) is 5.75 Å². The van der Waals surface area contributed by atoms with Gasteiger partial charge in [0.2, 0.25) is 0 Å². The lowest BCUT2D eigenvalue weighted by atomic mass is 10.0. The lowest BCUT2D eigenvalue weighted by Crippen LogP contribution is -2.15. The number of nitrogens with one attached hydrogen (secondary N) is 1. The molecule has 4 heteroatoms. The molecule has 1 aromatic carbocycles. The molecule has 0 saturated carbocycles. The van der Waals surface area contributed by atoms with Crippen LogP contribution in [-0.4, -0.2) is 7.11 Å². The topological polar surface area (TPSA) is 21.3 Å². The fourth-order valence-corrected chi connectivity index (χ4v) is 2.92. The minimum atomic E-state index is -0.346. The third-order valence-electron chi connectivity index (χ3n) is 2.99. The Balaban J connectivity index is 2.20. The largest absolute Gasteiger partial charge is 0.494 e. The maximum Gasteiger partial charge on any atom is 0.167 e. The third-order valence-corrected chi connectivity index (χ3v) is 3.95. The zero-order chi connectivity index (χ0) is 13.8. The minimum Gasteiger partial charge on any atom is -0.494 e. The Hall–Kier alpha value is -1.55. The van der Waals surface area contributed by atoms with Crippen molar-refractivity contribution < 1.29 is 9.13 Å². The van der Waals surface area contributed by atoms with Crippen LogP contribution >= 0.6 is 11.3 Å². The summed E-state index contributed by atoms with van der Waals surface area (Å²) in [5.74, 6) is 0.341. The van der Waals surface area contributed by atoms with Gasteiger partial charge in [0.25, 0.3) is 0 Å². The first-order valence-electron chi connectivity index (χ1n) is 6.25. The van der Waals surface area contributed by atoms with Gasteiger partial charge < -0.3 is 10.1 Å². The van der Waals surface area contributed by atoms with E-state index < -0.39 is 0 Å². The van der Waals surface area contributed by atoms with Gasteiger partial charge in [-0.15, -0.1) is 11.3 Å². The normalized spacial score (nSPS) is 12.5. The molecule has 0 amide bonds. The van der Waals surface area contributed by atoms with Crippen LogP contribution in [0.25, 0.3) is 0 Å². The Morgan fingerprint density at radius 2 is 2.05 bits per heavy atom. The molecule has 1 unspecified atom stereocenters. The van der Waals surface area contributed by atoms with Crippen LogP contribution in [-0.2, 0) is 0 Å². The van der Waals surface area contributed by atoms with Gasteiger partial charge in [-0.2, -0.15) is 0 Å². The Kier molecular flexibility index (Phi) is 4.43. The summed E-state index contributed by atoms with van der Waals surface area (Å²) in [7, 11) is 1.47.